The van der Waals surface area contributed by atoms with Crippen LogP contribution in [0.3, 0.4) is 0 Å². The van der Waals surface area contributed by atoms with Crippen molar-refractivity contribution in [3.8, 4) is 0 Å². The number of nitrogens with two attached hydrogens (primary N) is 1. The van der Waals surface area contributed by atoms with Gasteiger partial charge in [-0.15, -0.1) is 0 Å². The topological polar surface area (TPSA) is 105 Å². The van der Waals surface area contributed by atoms with E-state index in [2.05, 4.69) is 10.2 Å². The first-order valence-electron chi connectivity index (χ1n) is 12.4. The van der Waals surface area contributed by atoms with E-state index in [1.807, 2.05) is 36.4 Å². The molecule has 0 atom stereocenters. The lowest BCUT2D eigenvalue weighted by atomic mass is 9.92. The van der Waals surface area contributed by atoms with Crippen LogP contribution < -0.4 is 16.0 Å². The maximum Gasteiger partial charge on any atom is 0.261 e. The fraction of sp³-hybridized carbons (Fsp3) is 0.321. The molecule has 1 fully saturated rings. The highest BCUT2D eigenvalue weighted by Gasteiger charge is 2.33. The number of nitrogen functional groups attached to an aromatic ring is 1. The number of unbranched alkanes of at least 4 members (excludes halogenated alkanes) is 2. The third-order valence-corrected chi connectivity index (χ3v) is 6.84. The molecule has 2 aliphatic heterocycles. The number of nitrogens with zero attached hydrogens (tertiary/aromatic N) is 2. The first-order chi connectivity index (χ1) is 17.5. The van der Waals surface area contributed by atoms with Crippen LogP contribution in [0.25, 0.3) is 10.8 Å². The molecule has 0 saturated carbocycles. The number of amides is 3. The van der Waals surface area contributed by atoms with Gasteiger partial charge in [0, 0.05) is 53.6 Å². The van der Waals surface area contributed by atoms with Gasteiger partial charge in [-0.3, -0.25) is 19.3 Å². The van der Waals surface area contributed by atoms with E-state index in [0.29, 0.717) is 61.5 Å². The van der Waals surface area contributed by atoms with Gasteiger partial charge >= 0.3 is 0 Å². The maximum absolute atomic E-state index is 13.3. The number of ether oxygens (including phenoxy) is 1. The SMILES string of the molecule is Nc1ccccc1NC(=O)CCCCCN1C(=O)c2cccc3c(N4CCOCC4)ccc(c23)C1=O. The highest BCUT2D eigenvalue weighted by molar-refractivity contribution is 6.26. The molecule has 36 heavy (non-hydrogen) atoms. The number of benzene rings is 3. The third-order valence-electron chi connectivity index (χ3n) is 6.84. The predicted molar refractivity (Wildman–Crippen MR) is 140 cm³/mol. The smallest absolute Gasteiger partial charge is 0.261 e. The monoisotopic (exact) mass is 486 g/mol. The number of rotatable bonds is 8. The Morgan fingerprint density at radius 2 is 1.64 bits per heavy atom. The summed E-state index contributed by atoms with van der Waals surface area (Å²) in [5, 5.41) is 4.49. The second kappa shape index (κ2) is 10.4. The van der Waals surface area contributed by atoms with Crippen LogP contribution in [0.15, 0.2) is 54.6 Å². The van der Waals surface area contributed by atoms with Crippen molar-refractivity contribution in [2.75, 3.05) is 48.8 Å². The largest absolute Gasteiger partial charge is 0.397 e. The summed E-state index contributed by atoms with van der Waals surface area (Å²) in [6, 6.07) is 16.6. The van der Waals surface area contributed by atoms with Gasteiger partial charge in [0.25, 0.3) is 11.8 Å². The Labute approximate surface area is 210 Å². The van der Waals surface area contributed by atoms with Crippen LogP contribution in [-0.4, -0.2) is 55.5 Å². The lowest BCUT2D eigenvalue weighted by Gasteiger charge is -2.32. The summed E-state index contributed by atoms with van der Waals surface area (Å²) in [5.74, 6) is -0.612. The lowest BCUT2D eigenvalue weighted by Crippen LogP contribution is -2.41. The van der Waals surface area contributed by atoms with Crippen LogP contribution in [-0.2, 0) is 9.53 Å². The molecule has 8 heteroatoms. The molecule has 0 aliphatic carbocycles. The number of carbonyl (C=O) groups excluding carboxylic acids is 3. The summed E-state index contributed by atoms with van der Waals surface area (Å²) >= 11 is 0. The second-order valence-electron chi connectivity index (χ2n) is 9.17. The number of nitrogens with one attached hydrogen (secondary N) is 1. The molecule has 3 N–H and O–H groups in total. The van der Waals surface area contributed by atoms with E-state index >= 15 is 0 Å². The van der Waals surface area contributed by atoms with Crippen molar-refractivity contribution < 1.29 is 19.1 Å². The van der Waals surface area contributed by atoms with Crippen LogP contribution in [0.4, 0.5) is 17.1 Å². The van der Waals surface area contributed by atoms with Crippen LogP contribution in [0.5, 0.6) is 0 Å². The van der Waals surface area contributed by atoms with Gasteiger partial charge in [0.05, 0.1) is 24.6 Å². The Morgan fingerprint density at radius 1 is 0.889 bits per heavy atom. The van der Waals surface area contributed by atoms with E-state index in [0.717, 1.165) is 36.0 Å². The predicted octanol–water partition coefficient (Wildman–Crippen LogP) is 4.05. The van der Waals surface area contributed by atoms with Gasteiger partial charge in [0.15, 0.2) is 0 Å². The van der Waals surface area contributed by atoms with Gasteiger partial charge < -0.3 is 20.7 Å². The molecule has 0 radical (unpaired) electrons. The summed E-state index contributed by atoms with van der Waals surface area (Å²) in [7, 11) is 0. The number of morpholine rings is 1. The van der Waals surface area contributed by atoms with E-state index in [1.54, 1.807) is 18.2 Å². The fourth-order valence-corrected chi connectivity index (χ4v) is 4.97. The van der Waals surface area contributed by atoms with E-state index in [9.17, 15) is 14.4 Å². The van der Waals surface area contributed by atoms with Crippen molar-refractivity contribution >= 4 is 45.6 Å². The minimum atomic E-state index is -0.255. The molecule has 0 unspecified atom stereocenters. The first kappa shape index (κ1) is 23.8. The van der Waals surface area contributed by atoms with Gasteiger partial charge in [-0.1, -0.05) is 30.7 Å². The number of anilines is 3. The normalized spacial score (nSPS) is 15.4. The van der Waals surface area contributed by atoms with Gasteiger partial charge in [0.1, 0.15) is 0 Å². The number of para-hydroxylation sites is 2. The quantitative estimate of drug-likeness (QED) is 0.283. The Hall–Kier alpha value is -3.91. The third kappa shape index (κ3) is 4.64. The van der Waals surface area contributed by atoms with Crippen LogP contribution in [0, 0.1) is 0 Å². The van der Waals surface area contributed by atoms with E-state index in [-0.39, 0.29) is 17.7 Å². The summed E-state index contributed by atoms with van der Waals surface area (Å²) in [5.41, 5.74) is 9.17. The average Bonchev–Trinajstić information content (AvgIpc) is 2.90. The zero-order valence-electron chi connectivity index (χ0n) is 20.2. The van der Waals surface area contributed by atoms with Gasteiger partial charge in [0.2, 0.25) is 5.91 Å². The standard InChI is InChI=1S/C28H30N4O4/c29-22-9-3-4-10-23(22)30-25(33)11-2-1-5-14-32-27(34)20-8-6-7-19-24(31-15-17-36-18-16-31)13-12-21(26(19)20)28(32)35/h3-4,6-10,12-13H,1-2,5,11,14-18,29H2,(H,30,33). The van der Waals surface area contributed by atoms with Crippen molar-refractivity contribution in [1.29, 1.82) is 0 Å². The maximum atomic E-state index is 13.3. The Morgan fingerprint density at radius 3 is 2.42 bits per heavy atom. The molecular formula is C28H30N4O4. The Balaban J connectivity index is 1.21. The molecule has 0 aromatic heterocycles. The van der Waals surface area contributed by atoms with Crippen molar-refractivity contribution in [3.05, 3.63) is 65.7 Å². The molecule has 3 aromatic rings. The van der Waals surface area contributed by atoms with Crippen LogP contribution >= 0.6 is 0 Å². The molecule has 2 heterocycles. The fourth-order valence-electron chi connectivity index (χ4n) is 4.97. The van der Waals surface area contributed by atoms with Gasteiger partial charge in [-0.05, 0) is 43.2 Å². The molecular weight excluding hydrogens is 456 g/mol. The van der Waals surface area contributed by atoms with E-state index in [1.165, 1.54) is 4.90 Å². The number of imide groups is 1. The van der Waals surface area contributed by atoms with Crippen molar-refractivity contribution in [1.82, 2.24) is 4.90 Å². The molecule has 3 amide bonds. The number of carbonyl (C=O) groups is 3. The van der Waals surface area contributed by atoms with Crippen LogP contribution in [0.1, 0.15) is 46.4 Å². The highest BCUT2D eigenvalue weighted by Crippen LogP contribution is 2.36. The Bertz CT molecular complexity index is 1290. The van der Waals surface area contributed by atoms with Crippen molar-refractivity contribution in [2.24, 2.45) is 0 Å². The average molecular weight is 487 g/mol. The van der Waals surface area contributed by atoms with Crippen molar-refractivity contribution in [2.45, 2.75) is 25.7 Å². The van der Waals surface area contributed by atoms with E-state index < -0.39 is 0 Å². The second-order valence-corrected chi connectivity index (χ2v) is 9.17. The molecule has 0 spiro atoms. The lowest BCUT2D eigenvalue weighted by molar-refractivity contribution is -0.116. The van der Waals surface area contributed by atoms with Gasteiger partial charge in [-0.2, -0.15) is 0 Å². The molecule has 0 bridgehead atoms. The van der Waals surface area contributed by atoms with Gasteiger partial charge in [-0.25, -0.2) is 0 Å². The molecule has 8 nitrogen and oxygen atoms in total. The number of hydrogen-bond donors (Lipinski definition) is 2. The minimum Gasteiger partial charge on any atom is -0.397 e. The summed E-state index contributed by atoms with van der Waals surface area (Å²) in [6.07, 6.45) is 2.36. The first-order valence-corrected chi connectivity index (χ1v) is 12.4. The zero-order valence-corrected chi connectivity index (χ0v) is 20.2. The molecule has 2 aliphatic rings. The van der Waals surface area contributed by atoms with Crippen molar-refractivity contribution in [3.63, 3.8) is 0 Å². The molecule has 186 valence electrons. The molecule has 5 rings (SSSR count). The van der Waals surface area contributed by atoms with Crippen LogP contribution in [0.2, 0.25) is 0 Å². The number of hydrogen-bond acceptors (Lipinski definition) is 6. The highest BCUT2D eigenvalue weighted by atomic mass is 16.5. The summed E-state index contributed by atoms with van der Waals surface area (Å²) in [4.78, 5) is 42.4. The zero-order chi connectivity index (χ0) is 25.1. The molecule has 1 saturated heterocycles. The minimum absolute atomic E-state index is 0.102. The summed E-state index contributed by atoms with van der Waals surface area (Å²) < 4.78 is 5.48. The summed E-state index contributed by atoms with van der Waals surface area (Å²) in [6.45, 7) is 3.21. The van der Waals surface area contributed by atoms with E-state index in [4.69, 9.17) is 10.5 Å². The molecule has 3 aromatic carbocycles. The Kier molecular flexibility index (Phi) is 6.86.